The number of hydrogen-bond donors (Lipinski definition) is 1. The predicted molar refractivity (Wildman–Crippen MR) is 70.2 cm³/mol. The lowest BCUT2D eigenvalue weighted by molar-refractivity contribution is 0.316. The average Bonchev–Trinajstić information content (AvgIpc) is 2.08. The lowest BCUT2D eigenvalue weighted by Gasteiger charge is -2.24. The molecule has 1 heteroatoms. The van der Waals surface area contributed by atoms with Gasteiger partial charge in [-0.1, -0.05) is 41.5 Å². The summed E-state index contributed by atoms with van der Waals surface area (Å²) in [6.07, 6.45) is 5.33. The van der Waals surface area contributed by atoms with Crippen LogP contribution < -0.4 is 5.32 Å². The van der Waals surface area contributed by atoms with Crippen LogP contribution >= 0.6 is 0 Å². The zero-order valence-corrected chi connectivity index (χ0v) is 11.7. The smallest absolute Gasteiger partial charge is 0.00672 e. The minimum absolute atomic E-state index is 0.478. The van der Waals surface area contributed by atoms with E-state index >= 15 is 0 Å². The van der Waals surface area contributed by atoms with Gasteiger partial charge in [-0.2, -0.15) is 0 Å². The van der Waals surface area contributed by atoms with Crippen LogP contribution in [-0.2, 0) is 0 Å². The highest BCUT2D eigenvalue weighted by Crippen LogP contribution is 2.23. The van der Waals surface area contributed by atoms with E-state index in [0.29, 0.717) is 5.41 Å². The Morgan fingerprint density at radius 3 is 2.00 bits per heavy atom. The first-order valence-corrected chi connectivity index (χ1v) is 6.58. The zero-order valence-electron chi connectivity index (χ0n) is 11.7. The summed E-state index contributed by atoms with van der Waals surface area (Å²) in [5, 5.41) is 3.61. The first kappa shape index (κ1) is 15.0. The molecule has 0 aliphatic heterocycles. The van der Waals surface area contributed by atoms with E-state index in [2.05, 4.69) is 46.9 Å². The molecule has 0 aromatic heterocycles. The molecule has 1 unspecified atom stereocenters. The second kappa shape index (κ2) is 7.27. The SMILES string of the molecule is CCNC(CCC(C)C)CCC(C)(C)C. The summed E-state index contributed by atoms with van der Waals surface area (Å²) < 4.78 is 0. The summed E-state index contributed by atoms with van der Waals surface area (Å²) in [4.78, 5) is 0. The molecule has 0 bridgehead atoms. The molecule has 1 atom stereocenters. The molecule has 0 saturated carbocycles. The monoisotopic (exact) mass is 213 g/mol. The van der Waals surface area contributed by atoms with Crippen molar-refractivity contribution in [3.05, 3.63) is 0 Å². The Balaban J connectivity index is 3.82. The quantitative estimate of drug-likeness (QED) is 0.667. The Kier molecular flexibility index (Phi) is 7.25. The minimum Gasteiger partial charge on any atom is -0.314 e. The van der Waals surface area contributed by atoms with Crippen molar-refractivity contribution in [3.8, 4) is 0 Å². The lowest BCUT2D eigenvalue weighted by atomic mass is 9.87. The summed E-state index contributed by atoms with van der Waals surface area (Å²) in [6.45, 7) is 14.9. The zero-order chi connectivity index (χ0) is 11.9. The third-order valence-corrected chi connectivity index (χ3v) is 2.83. The van der Waals surface area contributed by atoms with Gasteiger partial charge >= 0.3 is 0 Å². The molecule has 0 aromatic carbocycles. The van der Waals surface area contributed by atoms with Gasteiger partial charge in [0.15, 0.2) is 0 Å². The summed E-state index contributed by atoms with van der Waals surface area (Å²) in [5.74, 6) is 0.834. The van der Waals surface area contributed by atoms with E-state index in [4.69, 9.17) is 0 Å². The Labute approximate surface area is 97.0 Å². The highest BCUT2D eigenvalue weighted by molar-refractivity contribution is 4.71. The van der Waals surface area contributed by atoms with Crippen LogP contribution in [0.4, 0.5) is 0 Å². The molecule has 0 amide bonds. The van der Waals surface area contributed by atoms with Crippen LogP contribution in [0.5, 0.6) is 0 Å². The molecular weight excluding hydrogens is 182 g/mol. The van der Waals surface area contributed by atoms with Crippen molar-refractivity contribution < 1.29 is 0 Å². The van der Waals surface area contributed by atoms with Crippen molar-refractivity contribution >= 4 is 0 Å². The second-order valence-corrected chi connectivity index (χ2v) is 6.33. The third kappa shape index (κ3) is 10.2. The van der Waals surface area contributed by atoms with E-state index in [1.807, 2.05) is 0 Å². The van der Waals surface area contributed by atoms with Gasteiger partial charge in [-0.05, 0) is 43.6 Å². The topological polar surface area (TPSA) is 12.0 Å². The fraction of sp³-hybridized carbons (Fsp3) is 1.00. The molecule has 0 aromatic rings. The largest absolute Gasteiger partial charge is 0.314 e. The van der Waals surface area contributed by atoms with E-state index in [-0.39, 0.29) is 0 Å². The van der Waals surface area contributed by atoms with E-state index in [9.17, 15) is 0 Å². The maximum Gasteiger partial charge on any atom is 0.00672 e. The van der Waals surface area contributed by atoms with Crippen molar-refractivity contribution in [1.82, 2.24) is 5.32 Å². The fourth-order valence-corrected chi connectivity index (χ4v) is 1.78. The maximum atomic E-state index is 3.61. The van der Waals surface area contributed by atoms with Crippen molar-refractivity contribution in [2.75, 3.05) is 6.54 Å². The normalized spacial score (nSPS) is 14.6. The summed E-state index contributed by atoms with van der Waals surface area (Å²) in [5.41, 5.74) is 0.478. The van der Waals surface area contributed by atoms with Crippen molar-refractivity contribution in [3.63, 3.8) is 0 Å². The predicted octanol–water partition coefficient (Wildman–Crippen LogP) is 4.23. The van der Waals surface area contributed by atoms with Crippen LogP contribution in [0.25, 0.3) is 0 Å². The highest BCUT2D eigenvalue weighted by atomic mass is 14.9. The number of nitrogens with one attached hydrogen (secondary N) is 1. The first-order chi connectivity index (χ1) is 6.85. The molecule has 0 radical (unpaired) electrons. The minimum atomic E-state index is 0.478. The Morgan fingerprint density at radius 1 is 1.00 bits per heavy atom. The van der Waals surface area contributed by atoms with E-state index in [1.54, 1.807) is 0 Å². The Hall–Kier alpha value is -0.0400. The molecule has 15 heavy (non-hydrogen) atoms. The van der Waals surface area contributed by atoms with E-state index in [1.165, 1.54) is 25.7 Å². The first-order valence-electron chi connectivity index (χ1n) is 6.58. The van der Waals surface area contributed by atoms with E-state index < -0.39 is 0 Å². The van der Waals surface area contributed by atoms with Gasteiger partial charge in [0.1, 0.15) is 0 Å². The fourth-order valence-electron chi connectivity index (χ4n) is 1.78. The molecule has 0 aliphatic carbocycles. The number of hydrogen-bond acceptors (Lipinski definition) is 1. The van der Waals surface area contributed by atoms with Crippen molar-refractivity contribution in [2.45, 2.75) is 73.3 Å². The molecule has 1 nitrogen and oxygen atoms in total. The summed E-state index contributed by atoms with van der Waals surface area (Å²) in [7, 11) is 0. The summed E-state index contributed by atoms with van der Waals surface area (Å²) in [6, 6.07) is 0.733. The van der Waals surface area contributed by atoms with Gasteiger partial charge in [0.05, 0.1) is 0 Å². The highest BCUT2D eigenvalue weighted by Gasteiger charge is 2.14. The van der Waals surface area contributed by atoms with Gasteiger partial charge in [0, 0.05) is 6.04 Å². The molecule has 0 rings (SSSR count). The van der Waals surface area contributed by atoms with E-state index in [0.717, 1.165) is 18.5 Å². The average molecular weight is 213 g/mol. The molecule has 0 aliphatic rings. The number of rotatable bonds is 7. The van der Waals surface area contributed by atoms with Crippen LogP contribution in [-0.4, -0.2) is 12.6 Å². The van der Waals surface area contributed by atoms with Gasteiger partial charge < -0.3 is 5.32 Å². The van der Waals surface area contributed by atoms with Crippen LogP contribution in [0.15, 0.2) is 0 Å². The van der Waals surface area contributed by atoms with Crippen molar-refractivity contribution in [2.24, 2.45) is 11.3 Å². The van der Waals surface area contributed by atoms with Crippen LogP contribution in [0.3, 0.4) is 0 Å². The Morgan fingerprint density at radius 2 is 1.60 bits per heavy atom. The van der Waals surface area contributed by atoms with Crippen LogP contribution in [0.1, 0.15) is 67.2 Å². The van der Waals surface area contributed by atoms with Crippen LogP contribution in [0.2, 0.25) is 0 Å². The Bertz CT molecular complexity index is 144. The third-order valence-electron chi connectivity index (χ3n) is 2.83. The van der Waals surface area contributed by atoms with Gasteiger partial charge in [-0.3, -0.25) is 0 Å². The maximum absolute atomic E-state index is 3.61. The van der Waals surface area contributed by atoms with Gasteiger partial charge in [-0.15, -0.1) is 0 Å². The van der Waals surface area contributed by atoms with Gasteiger partial charge in [0.25, 0.3) is 0 Å². The molecular formula is C14H31N. The molecule has 0 fully saturated rings. The summed E-state index contributed by atoms with van der Waals surface area (Å²) >= 11 is 0. The van der Waals surface area contributed by atoms with Gasteiger partial charge in [-0.25, -0.2) is 0 Å². The second-order valence-electron chi connectivity index (χ2n) is 6.33. The van der Waals surface area contributed by atoms with Crippen molar-refractivity contribution in [1.29, 1.82) is 0 Å². The van der Waals surface area contributed by atoms with Crippen LogP contribution in [0, 0.1) is 11.3 Å². The lowest BCUT2D eigenvalue weighted by Crippen LogP contribution is -2.30. The van der Waals surface area contributed by atoms with Gasteiger partial charge in [0.2, 0.25) is 0 Å². The molecule has 1 N–H and O–H groups in total. The molecule has 0 spiro atoms. The molecule has 0 heterocycles. The standard InChI is InChI=1S/C14H31N/c1-7-15-13(9-8-12(2)3)10-11-14(4,5)6/h12-13,15H,7-11H2,1-6H3. The molecule has 92 valence electrons. The molecule has 0 saturated heterocycles.